The average Bonchev–Trinajstić information content (AvgIpc) is 2.90. The molecule has 39 heavy (non-hydrogen) atoms. The van der Waals surface area contributed by atoms with Crippen molar-refractivity contribution in [3.63, 3.8) is 0 Å². The van der Waals surface area contributed by atoms with Crippen molar-refractivity contribution in [2.75, 3.05) is 125 Å². The Morgan fingerprint density at radius 2 is 1.18 bits per heavy atom. The normalized spacial score (nSPS) is 16.4. The third-order valence-electron chi connectivity index (χ3n) is 5.89. The van der Waals surface area contributed by atoms with Gasteiger partial charge in [-0.3, -0.25) is 4.90 Å². The van der Waals surface area contributed by atoms with Crippen LogP contribution >= 0.6 is 0 Å². The molecule has 0 aliphatic carbocycles. The second-order valence-electron chi connectivity index (χ2n) is 9.90. The molecule has 1 fully saturated rings. The van der Waals surface area contributed by atoms with Gasteiger partial charge in [0.1, 0.15) is 0 Å². The molecular formula is C25H49N5O9. The van der Waals surface area contributed by atoms with Gasteiger partial charge in [-0.2, -0.15) is 0 Å². The predicted molar refractivity (Wildman–Crippen MR) is 144 cm³/mol. The van der Waals surface area contributed by atoms with Gasteiger partial charge in [-0.1, -0.05) is 25.9 Å². The van der Waals surface area contributed by atoms with Crippen molar-refractivity contribution in [2.24, 2.45) is 10.5 Å². The van der Waals surface area contributed by atoms with Crippen LogP contribution in [0.2, 0.25) is 0 Å². The number of amides is 1. The number of hydrogen-bond donors (Lipinski definition) is 1. The van der Waals surface area contributed by atoms with Crippen molar-refractivity contribution in [1.82, 2.24) is 9.80 Å². The zero-order chi connectivity index (χ0) is 28.6. The summed E-state index contributed by atoms with van der Waals surface area (Å²) >= 11 is 0. The molecule has 1 aliphatic rings. The highest BCUT2D eigenvalue weighted by Crippen LogP contribution is 2.27. The average molecular weight is 564 g/mol. The Hall–Kier alpha value is -1.74. The van der Waals surface area contributed by atoms with Crippen molar-refractivity contribution in [3.05, 3.63) is 10.4 Å². The summed E-state index contributed by atoms with van der Waals surface area (Å²) in [4.78, 5) is 18.0. The third kappa shape index (κ3) is 19.1. The number of rotatable bonds is 24. The number of carboxylic acid groups (broad SMARTS) is 1. The van der Waals surface area contributed by atoms with E-state index in [1.54, 1.807) is 4.90 Å². The molecule has 0 aromatic heterocycles. The predicted octanol–water partition coefficient (Wildman–Crippen LogP) is 2.12. The summed E-state index contributed by atoms with van der Waals surface area (Å²) in [5, 5.41) is 12.8. The summed E-state index contributed by atoms with van der Waals surface area (Å²) in [6.45, 7) is 16.2. The molecule has 0 bridgehead atoms. The molecule has 1 amide bonds. The highest BCUT2D eigenvalue weighted by atomic mass is 16.6. The van der Waals surface area contributed by atoms with Crippen LogP contribution < -0.4 is 0 Å². The van der Waals surface area contributed by atoms with Gasteiger partial charge in [0.05, 0.1) is 98.5 Å². The molecule has 0 saturated carbocycles. The molecule has 1 atom stereocenters. The summed E-state index contributed by atoms with van der Waals surface area (Å²) in [6.07, 6.45) is -0.844. The van der Waals surface area contributed by atoms with Gasteiger partial charge >= 0.3 is 6.09 Å². The largest absolute Gasteiger partial charge is 0.465 e. The molecule has 0 aromatic carbocycles. The minimum Gasteiger partial charge on any atom is -0.465 e. The number of nitrogens with zero attached hydrogens (tertiary/aromatic N) is 5. The lowest BCUT2D eigenvalue weighted by Gasteiger charge is -2.46. The van der Waals surface area contributed by atoms with Crippen LogP contribution in [-0.4, -0.2) is 152 Å². The molecule has 14 heteroatoms. The zero-order valence-electron chi connectivity index (χ0n) is 24.0. The van der Waals surface area contributed by atoms with Crippen molar-refractivity contribution in [2.45, 2.75) is 26.8 Å². The van der Waals surface area contributed by atoms with E-state index in [9.17, 15) is 9.90 Å². The third-order valence-corrected chi connectivity index (χ3v) is 5.89. The van der Waals surface area contributed by atoms with E-state index in [2.05, 4.69) is 35.7 Å². The van der Waals surface area contributed by atoms with E-state index >= 15 is 0 Å². The maximum Gasteiger partial charge on any atom is 0.407 e. The van der Waals surface area contributed by atoms with E-state index < -0.39 is 6.09 Å². The Labute approximate surface area is 232 Å². The van der Waals surface area contributed by atoms with Gasteiger partial charge in [-0.15, -0.1) is 0 Å². The number of hydrogen-bond acceptors (Lipinski definition) is 10. The lowest BCUT2D eigenvalue weighted by Crippen LogP contribution is -2.59. The van der Waals surface area contributed by atoms with Gasteiger partial charge in [0, 0.05) is 37.6 Å². The monoisotopic (exact) mass is 563 g/mol. The smallest absolute Gasteiger partial charge is 0.407 e. The first-order valence-electron chi connectivity index (χ1n) is 13.6. The molecule has 1 N–H and O–H groups in total. The molecule has 1 saturated heterocycles. The zero-order valence-corrected chi connectivity index (χ0v) is 24.0. The first kappa shape index (κ1) is 35.3. The summed E-state index contributed by atoms with van der Waals surface area (Å²) in [5.41, 5.74) is 8.01. The lowest BCUT2D eigenvalue weighted by molar-refractivity contribution is -0.0225. The van der Waals surface area contributed by atoms with E-state index in [-0.39, 0.29) is 11.5 Å². The Morgan fingerprint density at radius 1 is 0.769 bits per heavy atom. The lowest BCUT2D eigenvalue weighted by atomic mass is 9.84. The Bertz CT molecular complexity index is 662. The molecule has 1 aliphatic heterocycles. The first-order chi connectivity index (χ1) is 18.9. The maximum atomic E-state index is 11.5. The van der Waals surface area contributed by atoms with Crippen molar-refractivity contribution >= 4 is 6.09 Å². The molecule has 1 unspecified atom stereocenters. The Balaban J connectivity index is 1.80. The summed E-state index contributed by atoms with van der Waals surface area (Å²) < 4.78 is 38.1. The fourth-order valence-corrected chi connectivity index (χ4v) is 3.78. The topological polar surface area (TPSA) is 157 Å². The molecule has 0 aromatic rings. The highest BCUT2D eigenvalue weighted by Gasteiger charge is 2.37. The van der Waals surface area contributed by atoms with E-state index in [1.165, 1.54) is 0 Å². The van der Waals surface area contributed by atoms with Crippen LogP contribution in [0, 0.1) is 5.41 Å². The Morgan fingerprint density at radius 3 is 1.56 bits per heavy atom. The standard InChI is InChI=1S/C25H49N5O9/c1-25(2,3)23-22-29(5-6-30(23)24(31)32)7-9-34-11-13-36-15-17-38-19-21-39-20-18-37-16-14-35-12-10-33-8-4-27-28-26/h23H,4-22H2,1-3H3,(H,31,32). The maximum absolute atomic E-state index is 11.5. The second-order valence-corrected chi connectivity index (χ2v) is 9.90. The van der Waals surface area contributed by atoms with Crippen molar-refractivity contribution in [3.8, 4) is 0 Å². The molecule has 228 valence electrons. The molecule has 14 nitrogen and oxygen atoms in total. The van der Waals surface area contributed by atoms with E-state index in [0.717, 1.165) is 19.6 Å². The van der Waals surface area contributed by atoms with Gasteiger partial charge in [0.25, 0.3) is 0 Å². The number of piperazine rings is 1. The van der Waals surface area contributed by atoms with Crippen molar-refractivity contribution < 1.29 is 43.1 Å². The van der Waals surface area contributed by atoms with Crippen LogP contribution in [0.5, 0.6) is 0 Å². The number of azide groups is 1. The van der Waals surface area contributed by atoms with E-state index in [1.807, 2.05) is 0 Å². The van der Waals surface area contributed by atoms with Crippen LogP contribution in [0.1, 0.15) is 20.8 Å². The van der Waals surface area contributed by atoms with Crippen LogP contribution in [0.3, 0.4) is 0 Å². The molecule has 1 heterocycles. The fraction of sp³-hybridized carbons (Fsp3) is 0.960. The van der Waals surface area contributed by atoms with Crippen LogP contribution in [0.25, 0.3) is 10.4 Å². The van der Waals surface area contributed by atoms with Crippen LogP contribution in [0.4, 0.5) is 4.79 Å². The molecule has 0 radical (unpaired) electrons. The van der Waals surface area contributed by atoms with Gasteiger partial charge in [0.2, 0.25) is 0 Å². The highest BCUT2D eigenvalue weighted by molar-refractivity contribution is 5.65. The number of carbonyl (C=O) groups is 1. The minimum atomic E-state index is -0.844. The van der Waals surface area contributed by atoms with Crippen LogP contribution in [-0.2, 0) is 33.2 Å². The quantitative estimate of drug-likeness (QED) is 0.0798. The molecule has 0 spiro atoms. The van der Waals surface area contributed by atoms with Gasteiger partial charge < -0.3 is 43.2 Å². The van der Waals surface area contributed by atoms with E-state index in [4.69, 9.17) is 38.7 Å². The SMILES string of the molecule is CC(C)(C)C1CN(CCOCCOCCOCCOCCOCCOCCOCCN=[N+]=[N-])CCN1C(=O)O. The van der Waals surface area contributed by atoms with Gasteiger partial charge in [-0.25, -0.2) is 4.79 Å². The minimum absolute atomic E-state index is 0.0304. The fourth-order valence-electron chi connectivity index (χ4n) is 3.78. The first-order valence-corrected chi connectivity index (χ1v) is 13.6. The van der Waals surface area contributed by atoms with Gasteiger partial charge in [0.15, 0.2) is 0 Å². The molecule has 1 rings (SSSR count). The second kappa shape index (κ2) is 23.0. The summed E-state index contributed by atoms with van der Waals surface area (Å²) in [7, 11) is 0. The van der Waals surface area contributed by atoms with Crippen molar-refractivity contribution in [1.29, 1.82) is 0 Å². The molecular weight excluding hydrogens is 514 g/mol. The number of ether oxygens (including phenoxy) is 7. The van der Waals surface area contributed by atoms with Crippen LogP contribution in [0.15, 0.2) is 5.11 Å². The van der Waals surface area contributed by atoms with Gasteiger partial charge in [-0.05, 0) is 10.9 Å². The summed E-state index contributed by atoms with van der Waals surface area (Å²) in [5.74, 6) is 0. The van der Waals surface area contributed by atoms with E-state index in [0.29, 0.717) is 106 Å². The summed E-state index contributed by atoms with van der Waals surface area (Å²) in [6, 6.07) is -0.0304. The Kier molecular flexibility index (Phi) is 20.8.